The van der Waals surface area contributed by atoms with Gasteiger partial charge in [0.25, 0.3) is 0 Å². The monoisotopic (exact) mass is 257 g/mol. The third kappa shape index (κ3) is 3.23. The predicted octanol–water partition coefficient (Wildman–Crippen LogP) is 2.19. The van der Waals surface area contributed by atoms with Gasteiger partial charge in [-0.25, -0.2) is 0 Å². The summed E-state index contributed by atoms with van der Waals surface area (Å²) in [5, 5.41) is 0. The minimum Gasteiger partial charge on any atom is -0.497 e. The van der Waals surface area contributed by atoms with Gasteiger partial charge in [0.05, 0.1) is 7.11 Å². The van der Waals surface area contributed by atoms with Crippen molar-refractivity contribution in [1.82, 2.24) is 4.98 Å². The zero-order valence-electron chi connectivity index (χ0n) is 11.3. The fourth-order valence-electron chi connectivity index (χ4n) is 2.05. The van der Waals surface area contributed by atoms with Gasteiger partial charge < -0.3 is 15.4 Å². The number of nitrogens with two attached hydrogens (primary N) is 1. The number of hydrogen-bond acceptors (Lipinski definition) is 4. The number of hydrogen-bond donors (Lipinski definition) is 1. The lowest BCUT2D eigenvalue weighted by molar-refractivity contribution is 0.414. The number of anilines is 1. The molecule has 2 N–H and O–H groups in total. The molecule has 4 nitrogen and oxygen atoms in total. The summed E-state index contributed by atoms with van der Waals surface area (Å²) >= 11 is 0. The standard InChI is InChI=1S/C15H19N3O/c1-18(11-12-5-7-17-8-6-12)15-9-14(19-2)4-3-13(15)10-16/h3-9H,10-11,16H2,1-2H3. The average molecular weight is 257 g/mol. The van der Waals surface area contributed by atoms with Gasteiger partial charge in [0.15, 0.2) is 0 Å². The number of ether oxygens (including phenoxy) is 1. The molecule has 0 bridgehead atoms. The maximum absolute atomic E-state index is 5.80. The Morgan fingerprint density at radius 1 is 1.21 bits per heavy atom. The molecular formula is C15H19N3O. The van der Waals surface area contributed by atoms with Gasteiger partial charge in [-0.05, 0) is 29.3 Å². The molecule has 1 aromatic heterocycles. The number of aromatic nitrogens is 1. The first-order chi connectivity index (χ1) is 9.24. The third-order valence-corrected chi connectivity index (χ3v) is 3.09. The molecule has 0 saturated heterocycles. The first kappa shape index (κ1) is 13.4. The van der Waals surface area contributed by atoms with Crippen molar-refractivity contribution in [3.63, 3.8) is 0 Å². The molecule has 0 amide bonds. The summed E-state index contributed by atoms with van der Waals surface area (Å²) in [7, 11) is 3.72. The molecule has 0 aliphatic rings. The molecule has 1 aromatic carbocycles. The van der Waals surface area contributed by atoms with Crippen molar-refractivity contribution in [2.24, 2.45) is 5.73 Å². The molecule has 0 atom stereocenters. The van der Waals surface area contributed by atoms with Crippen LogP contribution in [0.25, 0.3) is 0 Å². The first-order valence-electron chi connectivity index (χ1n) is 6.21. The van der Waals surface area contributed by atoms with Crippen molar-refractivity contribution < 1.29 is 4.74 Å². The van der Waals surface area contributed by atoms with E-state index in [9.17, 15) is 0 Å². The van der Waals surface area contributed by atoms with Gasteiger partial charge in [0.2, 0.25) is 0 Å². The molecule has 0 fully saturated rings. The normalized spacial score (nSPS) is 10.3. The topological polar surface area (TPSA) is 51.4 Å². The van der Waals surface area contributed by atoms with Crippen LogP contribution in [0.1, 0.15) is 11.1 Å². The van der Waals surface area contributed by atoms with Crippen molar-refractivity contribution in [1.29, 1.82) is 0 Å². The van der Waals surface area contributed by atoms with Gasteiger partial charge in [-0.15, -0.1) is 0 Å². The minimum atomic E-state index is 0.514. The van der Waals surface area contributed by atoms with Crippen LogP contribution < -0.4 is 15.4 Å². The van der Waals surface area contributed by atoms with Crippen molar-refractivity contribution in [2.45, 2.75) is 13.1 Å². The molecule has 0 radical (unpaired) electrons. The highest BCUT2D eigenvalue weighted by Gasteiger charge is 2.08. The van der Waals surface area contributed by atoms with Crippen LogP contribution in [0.5, 0.6) is 5.75 Å². The smallest absolute Gasteiger partial charge is 0.120 e. The Balaban J connectivity index is 2.24. The number of pyridine rings is 1. The molecule has 0 aliphatic heterocycles. The van der Waals surface area contributed by atoms with Crippen molar-refractivity contribution in [3.8, 4) is 5.75 Å². The van der Waals surface area contributed by atoms with E-state index in [-0.39, 0.29) is 0 Å². The predicted molar refractivity (Wildman–Crippen MR) is 77.2 cm³/mol. The molecule has 1 heterocycles. The fraction of sp³-hybridized carbons (Fsp3) is 0.267. The molecular weight excluding hydrogens is 238 g/mol. The van der Waals surface area contributed by atoms with E-state index < -0.39 is 0 Å². The van der Waals surface area contributed by atoms with E-state index in [0.29, 0.717) is 6.54 Å². The van der Waals surface area contributed by atoms with Crippen LogP contribution >= 0.6 is 0 Å². The first-order valence-corrected chi connectivity index (χ1v) is 6.21. The number of rotatable bonds is 5. The molecule has 2 rings (SSSR count). The van der Waals surface area contributed by atoms with Gasteiger partial charge in [0, 0.05) is 44.3 Å². The second-order valence-corrected chi connectivity index (χ2v) is 4.41. The van der Waals surface area contributed by atoms with Gasteiger partial charge in [-0.3, -0.25) is 4.98 Å². The van der Waals surface area contributed by atoms with Gasteiger partial charge >= 0.3 is 0 Å². The molecule has 2 aromatic rings. The molecule has 4 heteroatoms. The van der Waals surface area contributed by atoms with E-state index in [0.717, 1.165) is 23.5 Å². The summed E-state index contributed by atoms with van der Waals surface area (Å²) in [6.07, 6.45) is 3.61. The van der Waals surface area contributed by atoms with Crippen LogP contribution in [0.2, 0.25) is 0 Å². The maximum Gasteiger partial charge on any atom is 0.120 e. The summed E-state index contributed by atoms with van der Waals surface area (Å²) in [6.45, 7) is 1.32. The number of methoxy groups -OCH3 is 1. The molecule has 19 heavy (non-hydrogen) atoms. The Bertz CT molecular complexity index is 528. The summed E-state index contributed by atoms with van der Waals surface area (Å²) in [4.78, 5) is 6.19. The van der Waals surface area contributed by atoms with E-state index in [1.165, 1.54) is 5.56 Å². The molecule has 0 aliphatic carbocycles. The lowest BCUT2D eigenvalue weighted by atomic mass is 10.1. The molecule has 0 unspecified atom stereocenters. The Kier molecular flexibility index (Phi) is 4.36. The van der Waals surface area contributed by atoms with E-state index in [1.54, 1.807) is 19.5 Å². The van der Waals surface area contributed by atoms with Gasteiger partial charge in [-0.2, -0.15) is 0 Å². The number of nitrogens with zero attached hydrogens (tertiary/aromatic N) is 2. The summed E-state index contributed by atoms with van der Waals surface area (Å²) in [6, 6.07) is 9.99. The highest BCUT2D eigenvalue weighted by Crippen LogP contribution is 2.26. The molecule has 0 saturated carbocycles. The van der Waals surface area contributed by atoms with Gasteiger partial charge in [0.1, 0.15) is 5.75 Å². The second kappa shape index (κ2) is 6.20. The molecule has 0 spiro atoms. The van der Waals surface area contributed by atoms with E-state index in [1.807, 2.05) is 37.4 Å². The third-order valence-electron chi connectivity index (χ3n) is 3.09. The van der Waals surface area contributed by atoms with Crippen LogP contribution in [0.4, 0.5) is 5.69 Å². The zero-order chi connectivity index (χ0) is 13.7. The van der Waals surface area contributed by atoms with Crippen molar-refractivity contribution in [2.75, 3.05) is 19.1 Å². The highest BCUT2D eigenvalue weighted by atomic mass is 16.5. The minimum absolute atomic E-state index is 0.514. The summed E-state index contributed by atoms with van der Waals surface area (Å²) < 4.78 is 5.28. The fourth-order valence-corrected chi connectivity index (χ4v) is 2.05. The number of benzene rings is 1. The lowest BCUT2D eigenvalue weighted by Crippen LogP contribution is -2.19. The SMILES string of the molecule is COc1ccc(CN)c(N(C)Cc2ccncc2)c1. The van der Waals surface area contributed by atoms with Crippen molar-refractivity contribution >= 4 is 5.69 Å². The Morgan fingerprint density at radius 3 is 2.58 bits per heavy atom. The van der Waals surface area contributed by atoms with E-state index >= 15 is 0 Å². The van der Waals surface area contributed by atoms with Crippen LogP contribution in [-0.2, 0) is 13.1 Å². The van der Waals surface area contributed by atoms with E-state index in [4.69, 9.17) is 10.5 Å². The zero-order valence-corrected chi connectivity index (χ0v) is 11.3. The lowest BCUT2D eigenvalue weighted by Gasteiger charge is -2.23. The Morgan fingerprint density at radius 2 is 1.95 bits per heavy atom. The van der Waals surface area contributed by atoms with Gasteiger partial charge in [-0.1, -0.05) is 6.07 Å². The maximum atomic E-state index is 5.80. The largest absolute Gasteiger partial charge is 0.497 e. The molecule has 100 valence electrons. The van der Waals surface area contributed by atoms with Crippen LogP contribution in [0.15, 0.2) is 42.7 Å². The highest BCUT2D eigenvalue weighted by molar-refractivity contribution is 5.57. The summed E-state index contributed by atoms with van der Waals surface area (Å²) in [5.74, 6) is 0.841. The van der Waals surface area contributed by atoms with Crippen LogP contribution in [0, 0.1) is 0 Å². The Hall–Kier alpha value is -2.07. The van der Waals surface area contributed by atoms with E-state index in [2.05, 4.69) is 9.88 Å². The summed E-state index contributed by atoms with van der Waals surface area (Å²) in [5.41, 5.74) is 9.21. The van der Waals surface area contributed by atoms with Crippen LogP contribution in [0.3, 0.4) is 0 Å². The van der Waals surface area contributed by atoms with Crippen LogP contribution in [-0.4, -0.2) is 19.1 Å². The van der Waals surface area contributed by atoms with Crippen molar-refractivity contribution in [3.05, 3.63) is 53.9 Å². The average Bonchev–Trinajstić information content (AvgIpc) is 2.47. The second-order valence-electron chi connectivity index (χ2n) is 4.41. The quantitative estimate of drug-likeness (QED) is 0.892. The Labute approximate surface area is 113 Å².